The maximum Gasteiger partial charge on any atom is 0.220 e. The minimum Gasteiger partial charge on any atom is -0.359 e. The Morgan fingerprint density at radius 3 is 2.93 bits per heavy atom. The molecule has 0 saturated carbocycles. The Morgan fingerprint density at radius 1 is 1.10 bits per heavy atom. The van der Waals surface area contributed by atoms with Crippen LogP contribution in [0.3, 0.4) is 0 Å². The van der Waals surface area contributed by atoms with E-state index in [1.807, 2.05) is 42.5 Å². The maximum atomic E-state index is 12.1. The highest BCUT2D eigenvalue weighted by molar-refractivity contribution is 6.30. The Labute approximate surface area is 172 Å². The molecule has 7 heteroatoms. The smallest absolute Gasteiger partial charge is 0.220 e. The van der Waals surface area contributed by atoms with Gasteiger partial charge in [0.05, 0.1) is 6.54 Å². The number of carbonyl (C=O) groups is 1. The Balaban J connectivity index is 1.25. The van der Waals surface area contributed by atoms with Gasteiger partial charge in [0.1, 0.15) is 5.69 Å². The third-order valence-electron chi connectivity index (χ3n) is 4.50. The summed E-state index contributed by atoms with van der Waals surface area (Å²) < 4.78 is 5.30. The standard InChI is InChI=1S/C22H19ClN4O2/c23-17-6-1-4-16(12-17)20-13-19(29-27-20)14-25-21(28)8-2-7-18-10-9-15-5-3-11-24-22(15)26-18/h1,3-6,9-13H,2,7-8,14H2,(H,25,28). The number of pyridine rings is 2. The van der Waals surface area contributed by atoms with Crippen LogP contribution in [0.4, 0.5) is 0 Å². The molecular weight excluding hydrogens is 388 g/mol. The zero-order chi connectivity index (χ0) is 20.1. The molecule has 4 rings (SSSR count). The lowest BCUT2D eigenvalue weighted by Crippen LogP contribution is -2.22. The minimum atomic E-state index is -0.0374. The topological polar surface area (TPSA) is 80.9 Å². The first-order valence-electron chi connectivity index (χ1n) is 9.36. The second-order valence-corrected chi connectivity index (χ2v) is 7.11. The fraction of sp³-hybridized carbons (Fsp3) is 0.182. The number of halogens is 1. The summed E-state index contributed by atoms with van der Waals surface area (Å²) in [5.41, 5.74) is 3.23. The van der Waals surface area contributed by atoms with Crippen LogP contribution in [0.15, 0.2) is 65.3 Å². The number of rotatable bonds is 7. The van der Waals surface area contributed by atoms with E-state index in [1.165, 1.54) is 0 Å². The van der Waals surface area contributed by atoms with Crippen molar-refractivity contribution in [3.63, 3.8) is 0 Å². The lowest BCUT2D eigenvalue weighted by molar-refractivity contribution is -0.121. The number of benzene rings is 1. The molecule has 3 heterocycles. The van der Waals surface area contributed by atoms with Gasteiger partial charge in [0.15, 0.2) is 11.4 Å². The molecule has 1 N–H and O–H groups in total. The van der Waals surface area contributed by atoms with E-state index in [4.69, 9.17) is 16.1 Å². The first kappa shape index (κ1) is 19.1. The molecule has 0 bridgehead atoms. The second kappa shape index (κ2) is 8.84. The van der Waals surface area contributed by atoms with Crippen LogP contribution in [0.2, 0.25) is 5.02 Å². The van der Waals surface area contributed by atoms with E-state index < -0.39 is 0 Å². The number of nitrogens with one attached hydrogen (secondary N) is 1. The molecular formula is C22H19ClN4O2. The van der Waals surface area contributed by atoms with Crippen molar-refractivity contribution in [1.29, 1.82) is 0 Å². The van der Waals surface area contributed by atoms with Crippen LogP contribution < -0.4 is 5.32 Å². The first-order chi connectivity index (χ1) is 14.2. The lowest BCUT2D eigenvalue weighted by Gasteiger charge is -2.04. The highest BCUT2D eigenvalue weighted by atomic mass is 35.5. The summed E-state index contributed by atoms with van der Waals surface area (Å²) in [4.78, 5) is 20.9. The van der Waals surface area contributed by atoms with Gasteiger partial charge in [0, 0.05) is 40.4 Å². The normalized spacial score (nSPS) is 10.9. The van der Waals surface area contributed by atoms with Crippen molar-refractivity contribution < 1.29 is 9.32 Å². The lowest BCUT2D eigenvalue weighted by atomic mass is 10.1. The third kappa shape index (κ3) is 4.97. The molecule has 0 aliphatic carbocycles. The molecule has 0 saturated heterocycles. The number of hydrogen-bond donors (Lipinski definition) is 1. The van der Waals surface area contributed by atoms with Crippen LogP contribution in [0.5, 0.6) is 0 Å². The van der Waals surface area contributed by atoms with Gasteiger partial charge < -0.3 is 9.84 Å². The number of fused-ring (bicyclic) bond motifs is 1. The highest BCUT2D eigenvalue weighted by Gasteiger charge is 2.09. The monoisotopic (exact) mass is 406 g/mol. The van der Waals surface area contributed by atoms with Crippen LogP contribution in [0, 0.1) is 0 Å². The SMILES string of the molecule is O=C(CCCc1ccc2cccnc2n1)NCc1cc(-c2cccc(Cl)c2)no1. The summed E-state index contributed by atoms with van der Waals surface area (Å²) in [6.45, 7) is 0.296. The zero-order valence-corrected chi connectivity index (χ0v) is 16.4. The van der Waals surface area contributed by atoms with Crippen molar-refractivity contribution in [3.8, 4) is 11.3 Å². The van der Waals surface area contributed by atoms with Gasteiger partial charge in [-0.3, -0.25) is 4.79 Å². The number of carbonyl (C=O) groups excluding carboxylic acids is 1. The van der Waals surface area contributed by atoms with Crippen molar-refractivity contribution in [1.82, 2.24) is 20.4 Å². The molecule has 1 amide bonds. The molecule has 0 unspecified atom stereocenters. The van der Waals surface area contributed by atoms with E-state index in [9.17, 15) is 4.79 Å². The molecule has 0 aliphatic rings. The van der Waals surface area contributed by atoms with E-state index in [0.29, 0.717) is 35.9 Å². The second-order valence-electron chi connectivity index (χ2n) is 6.67. The van der Waals surface area contributed by atoms with Crippen molar-refractivity contribution in [2.45, 2.75) is 25.8 Å². The van der Waals surface area contributed by atoms with Crippen LogP contribution >= 0.6 is 11.6 Å². The summed E-state index contributed by atoms with van der Waals surface area (Å²) in [7, 11) is 0. The molecule has 1 aromatic carbocycles. The molecule has 0 spiro atoms. The van der Waals surface area contributed by atoms with Gasteiger partial charge in [-0.05, 0) is 49.2 Å². The van der Waals surface area contributed by atoms with Gasteiger partial charge in [-0.25, -0.2) is 9.97 Å². The Morgan fingerprint density at radius 2 is 2.03 bits per heavy atom. The third-order valence-corrected chi connectivity index (χ3v) is 4.73. The summed E-state index contributed by atoms with van der Waals surface area (Å²) >= 11 is 6.00. The van der Waals surface area contributed by atoms with Gasteiger partial charge in [0.25, 0.3) is 0 Å². The first-order valence-corrected chi connectivity index (χ1v) is 9.74. The Kier molecular flexibility index (Phi) is 5.81. The van der Waals surface area contributed by atoms with Crippen molar-refractivity contribution in [2.75, 3.05) is 0 Å². The van der Waals surface area contributed by atoms with E-state index in [0.717, 1.165) is 28.7 Å². The Hall–Kier alpha value is -3.25. The summed E-state index contributed by atoms with van der Waals surface area (Å²) in [5, 5.41) is 8.54. The van der Waals surface area contributed by atoms with Crippen LogP contribution in [0.25, 0.3) is 22.3 Å². The van der Waals surface area contributed by atoms with E-state index in [1.54, 1.807) is 18.3 Å². The highest BCUT2D eigenvalue weighted by Crippen LogP contribution is 2.22. The van der Waals surface area contributed by atoms with Crippen molar-refractivity contribution in [3.05, 3.63) is 77.3 Å². The van der Waals surface area contributed by atoms with Crippen molar-refractivity contribution in [2.24, 2.45) is 0 Å². The Bertz CT molecular complexity index is 1140. The molecule has 0 radical (unpaired) electrons. The fourth-order valence-corrected chi connectivity index (χ4v) is 3.21. The number of amides is 1. The summed E-state index contributed by atoms with van der Waals surface area (Å²) in [6, 6.07) is 17.0. The average Bonchev–Trinajstić information content (AvgIpc) is 3.21. The molecule has 3 aromatic heterocycles. The number of aryl methyl sites for hydroxylation is 1. The van der Waals surface area contributed by atoms with Gasteiger partial charge in [-0.2, -0.15) is 0 Å². The van der Waals surface area contributed by atoms with E-state index >= 15 is 0 Å². The average molecular weight is 407 g/mol. The zero-order valence-electron chi connectivity index (χ0n) is 15.6. The van der Waals surface area contributed by atoms with Crippen LogP contribution in [-0.4, -0.2) is 21.0 Å². The molecule has 146 valence electrons. The fourth-order valence-electron chi connectivity index (χ4n) is 3.02. The number of aromatic nitrogens is 3. The van der Waals surface area contributed by atoms with Crippen LogP contribution in [-0.2, 0) is 17.8 Å². The van der Waals surface area contributed by atoms with Gasteiger partial charge in [-0.15, -0.1) is 0 Å². The van der Waals surface area contributed by atoms with Crippen molar-refractivity contribution >= 4 is 28.5 Å². The molecule has 0 fully saturated rings. The molecule has 4 aromatic rings. The van der Waals surface area contributed by atoms with Gasteiger partial charge >= 0.3 is 0 Å². The van der Waals surface area contributed by atoms with E-state index in [2.05, 4.69) is 20.4 Å². The van der Waals surface area contributed by atoms with Gasteiger partial charge in [-0.1, -0.05) is 28.9 Å². The summed E-state index contributed by atoms with van der Waals surface area (Å²) in [5.74, 6) is 0.556. The molecule has 29 heavy (non-hydrogen) atoms. The summed E-state index contributed by atoms with van der Waals surface area (Å²) in [6.07, 6.45) is 3.58. The minimum absolute atomic E-state index is 0.0374. The quantitative estimate of drug-likeness (QED) is 0.486. The predicted octanol–water partition coefficient (Wildman–Crippen LogP) is 4.58. The van der Waals surface area contributed by atoms with Gasteiger partial charge in [0.2, 0.25) is 5.91 Å². The number of nitrogens with zero attached hydrogens (tertiary/aromatic N) is 3. The predicted molar refractivity (Wildman–Crippen MR) is 111 cm³/mol. The van der Waals surface area contributed by atoms with E-state index in [-0.39, 0.29) is 5.91 Å². The molecule has 6 nitrogen and oxygen atoms in total. The maximum absolute atomic E-state index is 12.1. The number of hydrogen-bond acceptors (Lipinski definition) is 5. The van der Waals surface area contributed by atoms with Crippen LogP contribution in [0.1, 0.15) is 24.3 Å². The largest absolute Gasteiger partial charge is 0.359 e. The molecule has 0 atom stereocenters. The molecule has 0 aliphatic heterocycles.